The van der Waals surface area contributed by atoms with Crippen molar-refractivity contribution in [1.29, 1.82) is 0 Å². The third-order valence-corrected chi connectivity index (χ3v) is 2.24. The highest BCUT2D eigenvalue weighted by Crippen LogP contribution is 2.14. The van der Waals surface area contributed by atoms with Crippen LogP contribution in [-0.4, -0.2) is 29.7 Å². The largest absolute Gasteiger partial charge is 0.383 e. The molecule has 0 aromatic carbocycles. The molecule has 1 aromatic rings. The van der Waals surface area contributed by atoms with E-state index in [0.717, 1.165) is 6.20 Å². The Labute approximate surface area is 94.2 Å². The van der Waals surface area contributed by atoms with E-state index >= 15 is 0 Å². The van der Waals surface area contributed by atoms with Crippen LogP contribution in [0.2, 0.25) is 0 Å². The van der Waals surface area contributed by atoms with E-state index in [-0.39, 0.29) is 23.7 Å². The smallest absolute Gasteiger partial charge is 0.222 e. The maximum Gasteiger partial charge on any atom is 0.222 e. The predicted molar refractivity (Wildman–Crippen MR) is 60.5 cm³/mol. The van der Waals surface area contributed by atoms with Crippen molar-refractivity contribution < 1.29 is 9.13 Å². The zero-order valence-corrected chi connectivity index (χ0v) is 9.70. The minimum atomic E-state index is -0.518. The lowest BCUT2D eigenvalue weighted by molar-refractivity contribution is 0.171. The zero-order chi connectivity index (χ0) is 12.1. The Morgan fingerprint density at radius 1 is 1.56 bits per heavy atom. The number of hydrogen-bond acceptors (Lipinski definition) is 5. The average Bonchev–Trinajstić information content (AvgIpc) is 2.22. The van der Waals surface area contributed by atoms with Gasteiger partial charge < -0.3 is 15.8 Å². The summed E-state index contributed by atoms with van der Waals surface area (Å²) in [6.07, 6.45) is 1.05. The lowest BCUT2D eigenvalue weighted by Crippen LogP contribution is -2.31. The summed E-state index contributed by atoms with van der Waals surface area (Å²) < 4.78 is 18.4. The van der Waals surface area contributed by atoms with Gasteiger partial charge in [0, 0.05) is 7.11 Å². The molecular formula is C10H17FN4O. The number of rotatable bonds is 5. The van der Waals surface area contributed by atoms with Crippen molar-refractivity contribution in [2.24, 2.45) is 5.92 Å². The Morgan fingerprint density at radius 3 is 2.81 bits per heavy atom. The predicted octanol–water partition coefficient (Wildman–Crippen LogP) is 1.28. The molecule has 90 valence electrons. The van der Waals surface area contributed by atoms with E-state index < -0.39 is 5.82 Å². The molecule has 16 heavy (non-hydrogen) atoms. The molecule has 0 saturated heterocycles. The number of nitrogen functional groups attached to an aromatic ring is 1. The molecule has 5 nitrogen and oxygen atoms in total. The van der Waals surface area contributed by atoms with E-state index in [1.807, 2.05) is 13.8 Å². The lowest BCUT2D eigenvalue weighted by Gasteiger charge is -2.22. The highest BCUT2D eigenvalue weighted by atomic mass is 19.1. The van der Waals surface area contributed by atoms with E-state index in [2.05, 4.69) is 15.3 Å². The summed E-state index contributed by atoms with van der Waals surface area (Å²) in [6, 6.07) is -0.0196. The molecule has 1 unspecified atom stereocenters. The molecule has 0 aliphatic carbocycles. The van der Waals surface area contributed by atoms with Gasteiger partial charge in [-0.05, 0) is 5.92 Å². The molecule has 1 rings (SSSR count). The third-order valence-electron chi connectivity index (χ3n) is 2.24. The van der Waals surface area contributed by atoms with Crippen molar-refractivity contribution in [2.45, 2.75) is 19.9 Å². The molecule has 0 aliphatic heterocycles. The summed E-state index contributed by atoms with van der Waals surface area (Å²) in [7, 11) is 1.60. The zero-order valence-electron chi connectivity index (χ0n) is 9.70. The van der Waals surface area contributed by atoms with Gasteiger partial charge in [0.1, 0.15) is 0 Å². The average molecular weight is 228 g/mol. The van der Waals surface area contributed by atoms with Gasteiger partial charge in [-0.2, -0.15) is 4.98 Å². The fraction of sp³-hybridized carbons (Fsp3) is 0.600. The van der Waals surface area contributed by atoms with Crippen LogP contribution in [0.4, 0.5) is 16.2 Å². The van der Waals surface area contributed by atoms with Crippen LogP contribution in [0, 0.1) is 11.7 Å². The molecule has 0 aliphatic rings. The second kappa shape index (κ2) is 5.60. The van der Waals surface area contributed by atoms with Gasteiger partial charge in [-0.1, -0.05) is 13.8 Å². The number of aromatic nitrogens is 2. The Morgan fingerprint density at radius 2 is 2.25 bits per heavy atom. The first-order valence-corrected chi connectivity index (χ1v) is 5.08. The van der Waals surface area contributed by atoms with Crippen molar-refractivity contribution in [3.05, 3.63) is 12.0 Å². The highest BCUT2D eigenvalue weighted by molar-refractivity contribution is 5.40. The molecule has 3 N–H and O–H groups in total. The summed E-state index contributed by atoms with van der Waals surface area (Å²) in [5.74, 6) is -0.0708. The number of anilines is 2. The van der Waals surface area contributed by atoms with Gasteiger partial charge in [0.2, 0.25) is 5.95 Å². The maximum atomic E-state index is 13.3. The van der Waals surface area contributed by atoms with Gasteiger partial charge >= 0.3 is 0 Å². The molecule has 1 aromatic heterocycles. The minimum absolute atomic E-state index is 0.0196. The molecule has 6 heteroatoms. The minimum Gasteiger partial charge on any atom is -0.383 e. The van der Waals surface area contributed by atoms with Gasteiger partial charge in [-0.3, -0.25) is 0 Å². The van der Waals surface area contributed by atoms with Crippen LogP contribution in [0.5, 0.6) is 0 Å². The van der Waals surface area contributed by atoms with Gasteiger partial charge in [0.05, 0.1) is 18.8 Å². The topological polar surface area (TPSA) is 73.1 Å². The van der Waals surface area contributed by atoms with Crippen molar-refractivity contribution in [2.75, 3.05) is 24.8 Å². The first-order chi connectivity index (χ1) is 7.54. The van der Waals surface area contributed by atoms with Crippen molar-refractivity contribution in [3.8, 4) is 0 Å². The summed E-state index contributed by atoms with van der Waals surface area (Å²) in [4.78, 5) is 7.36. The first kappa shape index (κ1) is 12.6. The Bertz CT molecular complexity index is 346. The molecular weight excluding hydrogens is 211 g/mol. The van der Waals surface area contributed by atoms with E-state index in [4.69, 9.17) is 10.5 Å². The van der Waals surface area contributed by atoms with Gasteiger partial charge in [0.25, 0.3) is 0 Å². The first-order valence-electron chi connectivity index (χ1n) is 5.08. The van der Waals surface area contributed by atoms with Gasteiger partial charge in [0.15, 0.2) is 11.6 Å². The molecule has 0 fully saturated rings. The van der Waals surface area contributed by atoms with Crippen molar-refractivity contribution in [1.82, 2.24) is 9.97 Å². The van der Waals surface area contributed by atoms with E-state index in [1.54, 1.807) is 7.11 Å². The van der Waals surface area contributed by atoms with Crippen LogP contribution in [0.3, 0.4) is 0 Å². The lowest BCUT2D eigenvalue weighted by atomic mass is 10.1. The number of methoxy groups -OCH3 is 1. The fourth-order valence-electron chi connectivity index (χ4n) is 1.24. The molecule has 0 radical (unpaired) electrons. The number of ether oxygens (including phenoxy) is 1. The number of hydrogen-bond donors (Lipinski definition) is 2. The third kappa shape index (κ3) is 3.30. The summed E-state index contributed by atoms with van der Waals surface area (Å²) in [6.45, 7) is 4.50. The number of halogens is 1. The molecule has 1 heterocycles. The Balaban J connectivity index is 2.80. The second-order valence-corrected chi connectivity index (χ2v) is 3.87. The van der Waals surface area contributed by atoms with E-state index in [9.17, 15) is 4.39 Å². The molecule has 0 amide bonds. The second-order valence-electron chi connectivity index (χ2n) is 3.87. The molecule has 1 atom stereocenters. The van der Waals surface area contributed by atoms with Crippen LogP contribution >= 0.6 is 0 Å². The summed E-state index contributed by atoms with van der Waals surface area (Å²) >= 11 is 0. The summed E-state index contributed by atoms with van der Waals surface area (Å²) in [5, 5.41) is 2.96. The monoisotopic (exact) mass is 228 g/mol. The fourth-order valence-corrected chi connectivity index (χ4v) is 1.24. The maximum absolute atomic E-state index is 13.3. The SMILES string of the molecule is COCC(Nc1nc(N)ncc1F)C(C)C. The van der Waals surface area contributed by atoms with Crippen LogP contribution < -0.4 is 11.1 Å². The van der Waals surface area contributed by atoms with Crippen LogP contribution in [0.1, 0.15) is 13.8 Å². The van der Waals surface area contributed by atoms with E-state index in [1.165, 1.54) is 0 Å². The normalized spacial score (nSPS) is 12.8. The summed E-state index contributed by atoms with van der Waals surface area (Å²) in [5.41, 5.74) is 5.39. The molecule has 0 bridgehead atoms. The Kier molecular flexibility index (Phi) is 4.42. The van der Waals surface area contributed by atoms with Crippen LogP contribution in [-0.2, 0) is 4.74 Å². The van der Waals surface area contributed by atoms with Crippen molar-refractivity contribution in [3.63, 3.8) is 0 Å². The number of nitrogens with one attached hydrogen (secondary N) is 1. The highest BCUT2D eigenvalue weighted by Gasteiger charge is 2.16. The van der Waals surface area contributed by atoms with Gasteiger partial charge in [-0.25, -0.2) is 9.37 Å². The van der Waals surface area contributed by atoms with Crippen LogP contribution in [0.15, 0.2) is 6.20 Å². The van der Waals surface area contributed by atoms with Crippen molar-refractivity contribution >= 4 is 11.8 Å². The van der Waals surface area contributed by atoms with Crippen LogP contribution in [0.25, 0.3) is 0 Å². The standard InChI is InChI=1S/C10H17FN4O/c1-6(2)8(5-16-3)14-9-7(11)4-13-10(12)15-9/h4,6,8H,5H2,1-3H3,(H3,12,13,14,15). The quantitative estimate of drug-likeness (QED) is 0.794. The van der Waals surface area contributed by atoms with Gasteiger partial charge in [-0.15, -0.1) is 0 Å². The van der Waals surface area contributed by atoms with E-state index in [0.29, 0.717) is 6.61 Å². The molecule has 0 spiro atoms. The molecule has 0 saturated carbocycles. The number of nitrogens with zero attached hydrogens (tertiary/aromatic N) is 2. The Hall–Kier alpha value is -1.43. The number of nitrogens with two attached hydrogens (primary N) is 1.